The minimum atomic E-state index is -0.153. The van der Waals surface area contributed by atoms with Crippen molar-refractivity contribution in [3.8, 4) is 0 Å². The number of aryl methyl sites for hydroxylation is 2. The van der Waals surface area contributed by atoms with E-state index in [4.69, 9.17) is 0 Å². The second-order valence-corrected chi connectivity index (χ2v) is 7.39. The Morgan fingerprint density at radius 2 is 1.89 bits per heavy atom. The average molecular weight is 367 g/mol. The Morgan fingerprint density at radius 1 is 1.19 bits per heavy atom. The van der Waals surface area contributed by atoms with E-state index in [1.807, 2.05) is 32.9 Å². The Kier molecular flexibility index (Phi) is 4.91. The second-order valence-electron chi connectivity index (χ2n) is 7.39. The normalized spacial score (nSPS) is 13.5. The molecule has 3 rings (SSSR count). The van der Waals surface area contributed by atoms with Crippen molar-refractivity contribution in [2.75, 3.05) is 20.6 Å². The predicted octanol–water partition coefficient (Wildman–Crippen LogP) is 2.20. The third kappa shape index (κ3) is 3.39. The van der Waals surface area contributed by atoms with Crippen LogP contribution in [0.2, 0.25) is 0 Å². The molecule has 6 nitrogen and oxygen atoms in total. The Morgan fingerprint density at radius 3 is 2.52 bits per heavy atom. The predicted molar refractivity (Wildman–Crippen MR) is 104 cm³/mol. The molecule has 1 aliphatic heterocycles. The number of hydrogen-bond donors (Lipinski definition) is 1. The van der Waals surface area contributed by atoms with Gasteiger partial charge in [0.2, 0.25) is 0 Å². The van der Waals surface area contributed by atoms with E-state index < -0.39 is 0 Å². The zero-order chi connectivity index (χ0) is 19.9. The molecule has 1 aliphatic rings. The quantitative estimate of drug-likeness (QED) is 0.904. The molecular formula is C21H25N3O3. The van der Waals surface area contributed by atoms with Crippen LogP contribution in [0.25, 0.3) is 0 Å². The van der Waals surface area contributed by atoms with Gasteiger partial charge in [-0.05, 0) is 56.0 Å². The first-order chi connectivity index (χ1) is 12.7. The van der Waals surface area contributed by atoms with Gasteiger partial charge in [0.25, 0.3) is 17.4 Å². The summed E-state index contributed by atoms with van der Waals surface area (Å²) in [6.45, 7) is 6.37. The van der Waals surface area contributed by atoms with E-state index in [9.17, 15) is 14.4 Å². The van der Waals surface area contributed by atoms with Gasteiger partial charge in [-0.3, -0.25) is 14.4 Å². The van der Waals surface area contributed by atoms with Gasteiger partial charge in [-0.15, -0.1) is 0 Å². The molecule has 0 fully saturated rings. The molecule has 0 saturated carbocycles. The number of carbonyl (C=O) groups excluding carboxylic acids is 2. The molecule has 0 atom stereocenters. The molecule has 0 radical (unpaired) electrons. The fourth-order valence-corrected chi connectivity index (χ4v) is 3.68. The minimum Gasteiger partial charge on any atom is -0.345 e. The third-order valence-electron chi connectivity index (χ3n) is 5.18. The van der Waals surface area contributed by atoms with Crippen LogP contribution in [0.3, 0.4) is 0 Å². The van der Waals surface area contributed by atoms with Gasteiger partial charge in [-0.1, -0.05) is 6.07 Å². The molecule has 1 N–H and O–H groups in total. The third-order valence-corrected chi connectivity index (χ3v) is 5.18. The average Bonchev–Trinajstić information content (AvgIpc) is 2.59. The highest BCUT2D eigenvalue weighted by Crippen LogP contribution is 2.26. The van der Waals surface area contributed by atoms with E-state index >= 15 is 0 Å². The monoisotopic (exact) mass is 367 g/mol. The van der Waals surface area contributed by atoms with Gasteiger partial charge in [0.15, 0.2) is 0 Å². The molecule has 142 valence electrons. The highest BCUT2D eigenvalue weighted by Gasteiger charge is 2.29. The van der Waals surface area contributed by atoms with E-state index in [0.717, 1.165) is 16.8 Å². The maximum absolute atomic E-state index is 13.2. The highest BCUT2D eigenvalue weighted by atomic mass is 16.2. The molecule has 0 unspecified atom stereocenters. The van der Waals surface area contributed by atoms with Gasteiger partial charge in [-0.2, -0.15) is 0 Å². The molecule has 2 heterocycles. The van der Waals surface area contributed by atoms with Crippen molar-refractivity contribution in [2.24, 2.45) is 0 Å². The number of fused-ring (bicyclic) bond motifs is 1. The van der Waals surface area contributed by atoms with Crippen LogP contribution in [-0.2, 0) is 13.0 Å². The fourth-order valence-electron chi connectivity index (χ4n) is 3.68. The number of H-pyrrole nitrogens is 1. The molecule has 27 heavy (non-hydrogen) atoms. The second kappa shape index (κ2) is 7.02. The van der Waals surface area contributed by atoms with Gasteiger partial charge in [-0.25, -0.2) is 0 Å². The summed E-state index contributed by atoms with van der Waals surface area (Å²) in [5.74, 6) is -0.243. The van der Waals surface area contributed by atoms with E-state index in [2.05, 4.69) is 4.98 Å². The van der Waals surface area contributed by atoms with Crippen molar-refractivity contribution in [3.05, 3.63) is 67.6 Å². The first-order valence-corrected chi connectivity index (χ1v) is 9.03. The smallest absolute Gasteiger partial charge is 0.254 e. The number of hydrogen-bond acceptors (Lipinski definition) is 3. The summed E-state index contributed by atoms with van der Waals surface area (Å²) in [5, 5.41) is 0. The molecule has 2 amide bonds. The summed E-state index contributed by atoms with van der Waals surface area (Å²) in [6.07, 6.45) is 0.709. The van der Waals surface area contributed by atoms with Gasteiger partial charge < -0.3 is 14.8 Å². The van der Waals surface area contributed by atoms with Gasteiger partial charge in [0, 0.05) is 43.0 Å². The van der Waals surface area contributed by atoms with E-state index in [1.54, 1.807) is 25.1 Å². The van der Waals surface area contributed by atoms with Crippen molar-refractivity contribution >= 4 is 11.8 Å². The van der Waals surface area contributed by atoms with Gasteiger partial charge in [0.1, 0.15) is 0 Å². The lowest BCUT2D eigenvalue weighted by molar-refractivity contribution is 0.0725. The summed E-state index contributed by atoms with van der Waals surface area (Å²) in [7, 11) is 3.39. The molecule has 0 saturated heterocycles. The number of carbonyl (C=O) groups is 2. The molecular weight excluding hydrogens is 342 g/mol. The van der Waals surface area contributed by atoms with Crippen molar-refractivity contribution in [1.29, 1.82) is 0 Å². The zero-order valence-corrected chi connectivity index (χ0v) is 16.5. The lowest BCUT2D eigenvalue weighted by atomic mass is 9.90. The molecule has 2 aromatic rings. The first-order valence-electron chi connectivity index (χ1n) is 9.03. The van der Waals surface area contributed by atoms with Crippen LogP contribution in [-0.4, -0.2) is 47.2 Å². The number of nitrogens with one attached hydrogen (secondary N) is 1. The fraction of sp³-hybridized carbons (Fsp3) is 0.381. The zero-order valence-electron chi connectivity index (χ0n) is 16.5. The largest absolute Gasteiger partial charge is 0.345 e. The van der Waals surface area contributed by atoms with Crippen LogP contribution >= 0.6 is 0 Å². The maximum atomic E-state index is 13.2. The van der Waals surface area contributed by atoms with E-state index in [0.29, 0.717) is 35.2 Å². The van der Waals surface area contributed by atoms with Crippen LogP contribution in [0.1, 0.15) is 48.7 Å². The number of benzene rings is 1. The molecule has 1 aromatic carbocycles. The van der Waals surface area contributed by atoms with Crippen molar-refractivity contribution in [3.63, 3.8) is 0 Å². The summed E-state index contributed by atoms with van der Waals surface area (Å²) in [5.41, 5.74) is 4.93. The van der Waals surface area contributed by atoms with Crippen LogP contribution < -0.4 is 5.56 Å². The molecule has 1 aromatic heterocycles. The number of pyridine rings is 1. The maximum Gasteiger partial charge on any atom is 0.254 e. The Bertz CT molecular complexity index is 989. The van der Waals surface area contributed by atoms with Crippen LogP contribution in [0.15, 0.2) is 23.0 Å². The number of aromatic nitrogens is 1. The summed E-state index contributed by atoms with van der Waals surface area (Å²) in [4.78, 5) is 43.9. The summed E-state index contributed by atoms with van der Waals surface area (Å²) < 4.78 is 0. The number of aromatic amines is 1. The first kappa shape index (κ1) is 18.9. The lowest BCUT2D eigenvalue weighted by Crippen LogP contribution is -2.39. The SMILES string of the molecule is Cc1cc(C)c(CN2CCc3ccc(C(=O)N(C)C)c(C)c3C2=O)c(=O)[nH]1. The lowest BCUT2D eigenvalue weighted by Gasteiger charge is -2.30. The summed E-state index contributed by atoms with van der Waals surface area (Å²) in [6, 6.07) is 5.59. The number of amides is 2. The van der Waals surface area contributed by atoms with Crippen LogP contribution in [0.4, 0.5) is 0 Å². The highest BCUT2D eigenvalue weighted by molar-refractivity contribution is 6.03. The van der Waals surface area contributed by atoms with Gasteiger partial charge in [0.05, 0.1) is 6.54 Å². The Hall–Kier alpha value is -2.89. The Balaban J connectivity index is 1.98. The molecule has 0 bridgehead atoms. The van der Waals surface area contributed by atoms with Gasteiger partial charge >= 0.3 is 0 Å². The summed E-state index contributed by atoms with van der Waals surface area (Å²) >= 11 is 0. The van der Waals surface area contributed by atoms with E-state index in [-0.39, 0.29) is 23.9 Å². The number of rotatable bonds is 3. The minimum absolute atomic E-state index is 0.119. The van der Waals surface area contributed by atoms with Crippen molar-refractivity contribution in [1.82, 2.24) is 14.8 Å². The van der Waals surface area contributed by atoms with Crippen molar-refractivity contribution in [2.45, 2.75) is 33.7 Å². The number of nitrogens with zero attached hydrogens (tertiary/aromatic N) is 2. The van der Waals surface area contributed by atoms with Crippen molar-refractivity contribution < 1.29 is 9.59 Å². The topological polar surface area (TPSA) is 73.5 Å². The van der Waals surface area contributed by atoms with Crippen LogP contribution in [0.5, 0.6) is 0 Å². The Labute approximate surface area is 158 Å². The van der Waals surface area contributed by atoms with E-state index in [1.165, 1.54) is 4.90 Å². The molecule has 0 aliphatic carbocycles. The van der Waals surface area contributed by atoms with Crippen LogP contribution in [0, 0.1) is 20.8 Å². The molecule has 0 spiro atoms. The molecule has 6 heteroatoms. The standard InChI is InChI=1S/C21H25N3O3/c1-12-10-13(2)22-19(25)17(12)11-24-9-8-15-6-7-16(20(26)23(4)5)14(3)18(15)21(24)27/h6-7,10H,8-9,11H2,1-5H3,(H,22,25).